The molecule has 1 N–H and O–H groups in total. The summed E-state index contributed by atoms with van der Waals surface area (Å²) in [5, 5.41) is 5.34. The fourth-order valence-corrected chi connectivity index (χ4v) is 5.82. The van der Waals surface area contributed by atoms with Crippen LogP contribution < -0.4 is 10.1 Å². The van der Waals surface area contributed by atoms with Crippen molar-refractivity contribution in [3.8, 4) is 5.75 Å². The first-order valence-electron chi connectivity index (χ1n) is 11.3. The minimum absolute atomic E-state index is 0.163. The minimum Gasteiger partial charge on any atom is -0.491 e. The van der Waals surface area contributed by atoms with E-state index in [0.29, 0.717) is 37.8 Å². The smallest absolute Gasteiger partial charge is 0.225 e. The molecule has 2 atom stereocenters. The predicted molar refractivity (Wildman–Crippen MR) is 125 cm³/mol. The van der Waals surface area contributed by atoms with Crippen LogP contribution in [0.2, 0.25) is 0 Å². The zero-order valence-corrected chi connectivity index (χ0v) is 19.7. The highest BCUT2D eigenvalue weighted by molar-refractivity contribution is 7.10. The molecule has 5 nitrogen and oxygen atoms in total. The fraction of sp³-hybridized carbons (Fsp3) is 0.560. The van der Waals surface area contributed by atoms with Gasteiger partial charge in [-0.3, -0.25) is 9.69 Å². The molecule has 1 aromatic heterocycles. The Labute approximate surface area is 189 Å². The lowest BCUT2D eigenvalue weighted by molar-refractivity contribution is -0.121. The van der Waals surface area contributed by atoms with Gasteiger partial charge in [-0.2, -0.15) is 0 Å². The van der Waals surface area contributed by atoms with Gasteiger partial charge < -0.3 is 14.8 Å². The molecule has 4 rings (SSSR count). The summed E-state index contributed by atoms with van der Waals surface area (Å²) >= 11 is 1.65. The van der Waals surface area contributed by atoms with Gasteiger partial charge in [0.15, 0.2) is 0 Å². The molecule has 2 bridgehead atoms. The summed E-state index contributed by atoms with van der Waals surface area (Å²) in [6, 6.07) is 9.79. The summed E-state index contributed by atoms with van der Waals surface area (Å²) in [7, 11) is 1.69. The molecule has 2 aliphatic heterocycles. The third-order valence-electron chi connectivity index (χ3n) is 6.91. The number of rotatable bonds is 9. The largest absolute Gasteiger partial charge is 0.491 e. The SMILES string of the molecule is COCCOc1ccc(CN2C3CCC2CC(NC(=O)Cc2cccs2)C3)c(C)c1C. The summed E-state index contributed by atoms with van der Waals surface area (Å²) in [6.07, 6.45) is 5.09. The summed E-state index contributed by atoms with van der Waals surface area (Å²) in [6.45, 7) is 6.50. The maximum Gasteiger partial charge on any atom is 0.225 e. The number of ether oxygens (including phenoxy) is 2. The van der Waals surface area contributed by atoms with E-state index in [-0.39, 0.29) is 5.91 Å². The molecule has 2 unspecified atom stereocenters. The van der Waals surface area contributed by atoms with Gasteiger partial charge in [0.05, 0.1) is 13.0 Å². The van der Waals surface area contributed by atoms with Crippen molar-refractivity contribution in [1.29, 1.82) is 0 Å². The highest BCUT2D eigenvalue weighted by Gasteiger charge is 2.41. The van der Waals surface area contributed by atoms with Crippen LogP contribution in [0.3, 0.4) is 0 Å². The monoisotopic (exact) mass is 442 g/mol. The van der Waals surface area contributed by atoms with Crippen LogP contribution in [0.4, 0.5) is 0 Å². The van der Waals surface area contributed by atoms with E-state index in [4.69, 9.17) is 9.47 Å². The molecule has 31 heavy (non-hydrogen) atoms. The van der Waals surface area contributed by atoms with Crippen LogP contribution in [-0.4, -0.2) is 49.3 Å². The molecule has 2 saturated heterocycles. The second-order valence-corrected chi connectivity index (χ2v) is 9.90. The fourth-order valence-electron chi connectivity index (χ4n) is 5.11. The maximum atomic E-state index is 12.5. The quantitative estimate of drug-likeness (QED) is 0.590. The number of nitrogens with zero attached hydrogens (tertiary/aromatic N) is 1. The first-order valence-corrected chi connectivity index (χ1v) is 12.2. The number of benzene rings is 1. The van der Waals surface area contributed by atoms with Crippen molar-refractivity contribution in [2.24, 2.45) is 0 Å². The molecule has 3 heterocycles. The number of thiophene rings is 1. The molecule has 168 valence electrons. The van der Waals surface area contributed by atoms with E-state index in [1.54, 1.807) is 18.4 Å². The van der Waals surface area contributed by atoms with Gasteiger partial charge in [-0.25, -0.2) is 0 Å². The average Bonchev–Trinajstić information content (AvgIpc) is 3.33. The number of piperidine rings is 1. The first kappa shape index (κ1) is 22.3. The molecule has 0 radical (unpaired) electrons. The molecular formula is C25H34N2O3S. The van der Waals surface area contributed by atoms with Crippen molar-refractivity contribution in [1.82, 2.24) is 10.2 Å². The summed E-state index contributed by atoms with van der Waals surface area (Å²) in [5.74, 6) is 1.12. The third kappa shape index (κ3) is 5.30. The number of methoxy groups -OCH3 is 1. The molecule has 2 aliphatic rings. The van der Waals surface area contributed by atoms with Crippen LogP contribution in [0.5, 0.6) is 5.75 Å². The molecule has 2 aromatic rings. The Morgan fingerprint density at radius 1 is 1.13 bits per heavy atom. The van der Waals surface area contributed by atoms with Gasteiger partial charge in [0.2, 0.25) is 5.91 Å². The number of nitrogens with one attached hydrogen (secondary N) is 1. The van der Waals surface area contributed by atoms with Crippen LogP contribution in [0.15, 0.2) is 29.6 Å². The average molecular weight is 443 g/mol. The van der Waals surface area contributed by atoms with Crippen LogP contribution in [0, 0.1) is 13.8 Å². The van der Waals surface area contributed by atoms with Gasteiger partial charge in [-0.05, 0) is 73.7 Å². The van der Waals surface area contributed by atoms with Crippen LogP contribution in [-0.2, 0) is 22.5 Å². The normalized spacial score (nSPS) is 23.1. The van der Waals surface area contributed by atoms with Crippen molar-refractivity contribution in [3.63, 3.8) is 0 Å². The van der Waals surface area contributed by atoms with Crippen LogP contribution in [0.25, 0.3) is 0 Å². The van der Waals surface area contributed by atoms with Gasteiger partial charge in [0.1, 0.15) is 12.4 Å². The lowest BCUT2D eigenvalue weighted by Gasteiger charge is -2.39. The Balaban J connectivity index is 1.34. The van der Waals surface area contributed by atoms with Crippen molar-refractivity contribution in [3.05, 3.63) is 51.2 Å². The summed E-state index contributed by atoms with van der Waals surface area (Å²) in [5.41, 5.74) is 3.92. The van der Waals surface area contributed by atoms with Gasteiger partial charge in [-0.15, -0.1) is 11.3 Å². The van der Waals surface area contributed by atoms with E-state index in [1.807, 2.05) is 17.5 Å². The molecule has 1 aromatic carbocycles. The predicted octanol–water partition coefficient (Wildman–Crippen LogP) is 4.24. The van der Waals surface area contributed by atoms with E-state index >= 15 is 0 Å². The van der Waals surface area contributed by atoms with E-state index in [1.165, 1.54) is 29.5 Å². The zero-order valence-electron chi connectivity index (χ0n) is 18.9. The topological polar surface area (TPSA) is 50.8 Å². The number of fused-ring (bicyclic) bond motifs is 2. The summed E-state index contributed by atoms with van der Waals surface area (Å²) < 4.78 is 11.0. The number of carbonyl (C=O) groups is 1. The Kier molecular flexibility index (Phi) is 7.31. The zero-order chi connectivity index (χ0) is 21.8. The minimum atomic E-state index is 0.163. The lowest BCUT2D eigenvalue weighted by Crippen LogP contribution is -2.50. The van der Waals surface area contributed by atoms with Gasteiger partial charge in [0.25, 0.3) is 0 Å². The molecular weight excluding hydrogens is 408 g/mol. The first-order chi connectivity index (χ1) is 15.0. The molecule has 0 aliphatic carbocycles. The maximum absolute atomic E-state index is 12.5. The van der Waals surface area contributed by atoms with Crippen LogP contribution in [0.1, 0.15) is 47.3 Å². The van der Waals surface area contributed by atoms with E-state index in [2.05, 4.69) is 36.2 Å². The van der Waals surface area contributed by atoms with Crippen molar-refractivity contribution in [2.45, 2.75) is 70.6 Å². The lowest BCUT2D eigenvalue weighted by atomic mass is 9.95. The number of carbonyl (C=O) groups excluding carboxylic acids is 1. The number of hydrogen-bond donors (Lipinski definition) is 1. The van der Waals surface area contributed by atoms with Gasteiger partial charge in [-0.1, -0.05) is 12.1 Å². The molecule has 0 spiro atoms. The molecule has 1 amide bonds. The molecule has 2 fully saturated rings. The van der Waals surface area contributed by atoms with E-state index in [9.17, 15) is 4.79 Å². The molecule has 6 heteroatoms. The van der Waals surface area contributed by atoms with Crippen molar-refractivity contribution in [2.75, 3.05) is 20.3 Å². The third-order valence-corrected chi connectivity index (χ3v) is 7.79. The Hall–Kier alpha value is -1.89. The Morgan fingerprint density at radius 3 is 2.58 bits per heavy atom. The highest BCUT2D eigenvalue weighted by atomic mass is 32.1. The number of hydrogen-bond acceptors (Lipinski definition) is 5. The highest BCUT2D eigenvalue weighted by Crippen LogP contribution is 2.38. The van der Waals surface area contributed by atoms with Crippen molar-refractivity contribution >= 4 is 17.2 Å². The second-order valence-electron chi connectivity index (χ2n) is 8.86. The van der Waals surface area contributed by atoms with Gasteiger partial charge in [0, 0.05) is 36.7 Å². The van der Waals surface area contributed by atoms with E-state index < -0.39 is 0 Å². The number of amides is 1. The Bertz CT molecular complexity index is 869. The van der Waals surface area contributed by atoms with Gasteiger partial charge >= 0.3 is 0 Å². The second kappa shape index (κ2) is 10.2. The Morgan fingerprint density at radius 2 is 1.90 bits per heavy atom. The van der Waals surface area contributed by atoms with E-state index in [0.717, 1.165) is 30.0 Å². The molecule has 0 saturated carbocycles. The standard InChI is InChI=1S/C25H34N2O3S/c1-17-18(2)24(30-11-10-29-3)9-6-19(17)16-27-21-7-8-22(27)14-20(13-21)26-25(28)15-23-5-4-12-31-23/h4-6,9,12,20-22H,7-8,10-11,13-16H2,1-3H3,(H,26,28). The van der Waals surface area contributed by atoms with Crippen LogP contribution >= 0.6 is 11.3 Å². The summed E-state index contributed by atoms with van der Waals surface area (Å²) in [4.78, 5) is 16.3. The van der Waals surface area contributed by atoms with Crippen molar-refractivity contribution < 1.29 is 14.3 Å².